The fraction of sp³-hybridized carbons (Fsp3) is 0.333. The van der Waals surface area contributed by atoms with Crippen LogP contribution in [0, 0.1) is 5.92 Å². The Kier molecular flexibility index (Phi) is 5.26. The van der Waals surface area contributed by atoms with Crippen molar-refractivity contribution in [2.75, 3.05) is 13.7 Å². The molecule has 0 spiro atoms. The summed E-state index contributed by atoms with van der Waals surface area (Å²) in [6.45, 7) is 4.22. The minimum atomic E-state index is -0.556. The van der Waals surface area contributed by atoms with Gasteiger partial charge in [-0.3, -0.25) is 4.79 Å². The molecule has 1 aliphatic rings. The predicted molar refractivity (Wildman–Crippen MR) is 99.0 cm³/mol. The van der Waals surface area contributed by atoms with Crippen LogP contribution in [0.25, 0.3) is 11.1 Å². The fourth-order valence-electron chi connectivity index (χ4n) is 3.15. The van der Waals surface area contributed by atoms with Gasteiger partial charge in [-0.2, -0.15) is 0 Å². The molecule has 0 saturated carbocycles. The molecule has 1 saturated heterocycles. The number of carbonyl (C=O) groups is 2. The van der Waals surface area contributed by atoms with Crippen molar-refractivity contribution in [3.63, 3.8) is 0 Å². The molecule has 1 fully saturated rings. The lowest BCUT2D eigenvalue weighted by molar-refractivity contribution is -0.129. The topological polar surface area (TPSA) is 55.8 Å². The second kappa shape index (κ2) is 7.60. The molecule has 26 heavy (non-hydrogen) atoms. The van der Waals surface area contributed by atoms with Crippen LogP contribution in [0.3, 0.4) is 0 Å². The third-order valence-electron chi connectivity index (χ3n) is 4.61. The number of imide groups is 1. The van der Waals surface area contributed by atoms with Crippen LogP contribution in [0.2, 0.25) is 0 Å². The minimum absolute atomic E-state index is 0.120. The Morgan fingerprint density at radius 2 is 1.92 bits per heavy atom. The van der Waals surface area contributed by atoms with Crippen LogP contribution in [-0.2, 0) is 16.0 Å². The zero-order valence-corrected chi connectivity index (χ0v) is 15.3. The van der Waals surface area contributed by atoms with Gasteiger partial charge in [-0.1, -0.05) is 50.2 Å². The van der Waals surface area contributed by atoms with Gasteiger partial charge in [0.1, 0.15) is 12.4 Å². The lowest BCUT2D eigenvalue weighted by Gasteiger charge is -2.22. The average molecular weight is 353 g/mol. The first kappa shape index (κ1) is 18.0. The second-order valence-electron chi connectivity index (χ2n) is 6.76. The molecular formula is C21H23NO4. The van der Waals surface area contributed by atoms with E-state index >= 15 is 0 Å². The number of carbonyl (C=O) groups excluding carboxylic acids is 2. The molecule has 2 aromatic carbocycles. The van der Waals surface area contributed by atoms with E-state index in [4.69, 9.17) is 9.47 Å². The van der Waals surface area contributed by atoms with Gasteiger partial charge in [0.2, 0.25) is 5.91 Å². The molecule has 1 aliphatic heterocycles. The molecule has 0 unspecified atom stereocenters. The van der Waals surface area contributed by atoms with E-state index < -0.39 is 6.09 Å². The SMILES string of the molecule is COc1cc(CC(=O)N2C(=O)OC[C@@H]2C(C)C)cc(-c2ccccc2)c1. The first-order valence-electron chi connectivity index (χ1n) is 8.71. The van der Waals surface area contributed by atoms with E-state index in [0.29, 0.717) is 5.75 Å². The zero-order valence-electron chi connectivity index (χ0n) is 15.3. The monoisotopic (exact) mass is 353 g/mol. The van der Waals surface area contributed by atoms with Crippen LogP contribution in [0.4, 0.5) is 4.79 Å². The van der Waals surface area contributed by atoms with E-state index in [1.54, 1.807) is 7.11 Å². The standard InChI is InChI=1S/C21H23NO4/c1-14(2)19-13-26-21(24)22(19)20(23)11-15-9-17(12-18(10-15)25-3)16-7-5-4-6-8-16/h4-10,12,14,19H,11,13H2,1-3H3/t19-/m1/s1. The van der Waals surface area contributed by atoms with E-state index in [1.807, 2.05) is 62.4 Å². The molecule has 0 radical (unpaired) electrons. The highest BCUT2D eigenvalue weighted by atomic mass is 16.6. The summed E-state index contributed by atoms with van der Waals surface area (Å²) in [4.78, 5) is 26.0. The smallest absolute Gasteiger partial charge is 0.416 e. The number of benzene rings is 2. The largest absolute Gasteiger partial charge is 0.497 e. The molecule has 0 bridgehead atoms. The van der Waals surface area contributed by atoms with Crippen LogP contribution < -0.4 is 4.74 Å². The van der Waals surface area contributed by atoms with Crippen LogP contribution in [-0.4, -0.2) is 36.7 Å². The molecule has 1 atom stereocenters. The summed E-state index contributed by atoms with van der Waals surface area (Å²) < 4.78 is 10.5. The molecule has 2 amide bonds. The van der Waals surface area contributed by atoms with Gasteiger partial charge in [0.05, 0.1) is 19.6 Å². The molecule has 2 aromatic rings. The second-order valence-corrected chi connectivity index (χ2v) is 6.76. The lowest BCUT2D eigenvalue weighted by atomic mass is 10.00. The molecule has 0 N–H and O–H groups in total. The van der Waals surface area contributed by atoms with Gasteiger partial charge in [0, 0.05) is 0 Å². The van der Waals surface area contributed by atoms with Crippen molar-refractivity contribution in [2.45, 2.75) is 26.3 Å². The molecule has 136 valence electrons. The van der Waals surface area contributed by atoms with Gasteiger partial charge < -0.3 is 9.47 Å². The van der Waals surface area contributed by atoms with E-state index in [-0.39, 0.29) is 30.9 Å². The summed E-state index contributed by atoms with van der Waals surface area (Å²) in [6, 6.07) is 15.4. The summed E-state index contributed by atoms with van der Waals surface area (Å²) in [5.41, 5.74) is 2.81. The van der Waals surface area contributed by atoms with Crippen molar-refractivity contribution in [1.82, 2.24) is 4.90 Å². The predicted octanol–water partition coefficient (Wildman–Crippen LogP) is 3.91. The van der Waals surface area contributed by atoms with Crippen molar-refractivity contribution in [3.05, 3.63) is 54.1 Å². The van der Waals surface area contributed by atoms with Crippen LogP contribution >= 0.6 is 0 Å². The Morgan fingerprint density at radius 1 is 1.19 bits per heavy atom. The highest BCUT2D eigenvalue weighted by molar-refractivity contribution is 5.94. The van der Waals surface area contributed by atoms with E-state index in [2.05, 4.69) is 0 Å². The van der Waals surface area contributed by atoms with Crippen molar-refractivity contribution < 1.29 is 19.1 Å². The maximum Gasteiger partial charge on any atom is 0.416 e. The maximum absolute atomic E-state index is 12.8. The normalized spacial score (nSPS) is 16.7. The van der Waals surface area contributed by atoms with Gasteiger partial charge in [-0.15, -0.1) is 0 Å². The zero-order chi connectivity index (χ0) is 18.7. The molecule has 0 aromatic heterocycles. The van der Waals surface area contributed by atoms with E-state index in [1.165, 1.54) is 4.90 Å². The fourth-order valence-corrected chi connectivity index (χ4v) is 3.15. The number of amides is 2. The van der Waals surface area contributed by atoms with Gasteiger partial charge in [0.15, 0.2) is 0 Å². The summed E-state index contributed by atoms with van der Waals surface area (Å²) in [5, 5.41) is 0. The average Bonchev–Trinajstić information content (AvgIpc) is 3.04. The Bertz CT molecular complexity index is 801. The Labute approximate surface area is 153 Å². The quantitative estimate of drug-likeness (QED) is 0.818. The van der Waals surface area contributed by atoms with Gasteiger partial charge in [0.25, 0.3) is 0 Å². The summed E-state index contributed by atoms with van der Waals surface area (Å²) >= 11 is 0. The van der Waals surface area contributed by atoms with Gasteiger partial charge in [-0.25, -0.2) is 9.69 Å². The number of ether oxygens (including phenoxy) is 2. The molecular weight excluding hydrogens is 330 g/mol. The molecule has 1 heterocycles. The maximum atomic E-state index is 12.8. The molecule has 3 rings (SSSR count). The van der Waals surface area contributed by atoms with Crippen molar-refractivity contribution in [1.29, 1.82) is 0 Å². The van der Waals surface area contributed by atoms with Crippen molar-refractivity contribution in [3.8, 4) is 16.9 Å². The third kappa shape index (κ3) is 3.72. The summed E-state index contributed by atoms with van der Waals surface area (Å²) in [5.74, 6) is 0.576. The summed E-state index contributed by atoms with van der Waals surface area (Å²) in [6.07, 6.45) is -0.435. The number of hydrogen-bond acceptors (Lipinski definition) is 4. The number of cyclic esters (lactones) is 1. The Balaban J connectivity index is 1.87. The summed E-state index contributed by atoms with van der Waals surface area (Å²) in [7, 11) is 1.60. The number of hydrogen-bond donors (Lipinski definition) is 0. The van der Waals surface area contributed by atoms with E-state index in [9.17, 15) is 9.59 Å². The first-order chi connectivity index (χ1) is 12.5. The van der Waals surface area contributed by atoms with Gasteiger partial charge >= 0.3 is 6.09 Å². The van der Waals surface area contributed by atoms with Crippen LogP contribution in [0.15, 0.2) is 48.5 Å². The lowest BCUT2D eigenvalue weighted by Crippen LogP contribution is -2.42. The van der Waals surface area contributed by atoms with Gasteiger partial charge in [-0.05, 0) is 34.7 Å². The minimum Gasteiger partial charge on any atom is -0.497 e. The highest BCUT2D eigenvalue weighted by Crippen LogP contribution is 2.27. The molecule has 5 heteroatoms. The number of nitrogens with zero attached hydrogens (tertiary/aromatic N) is 1. The van der Waals surface area contributed by atoms with Crippen LogP contribution in [0.1, 0.15) is 19.4 Å². The highest BCUT2D eigenvalue weighted by Gasteiger charge is 2.39. The third-order valence-corrected chi connectivity index (χ3v) is 4.61. The van der Waals surface area contributed by atoms with E-state index in [0.717, 1.165) is 16.7 Å². The van der Waals surface area contributed by atoms with Crippen molar-refractivity contribution in [2.24, 2.45) is 5.92 Å². The Hall–Kier alpha value is -2.82. The molecule has 0 aliphatic carbocycles. The Morgan fingerprint density at radius 3 is 2.58 bits per heavy atom. The van der Waals surface area contributed by atoms with Crippen molar-refractivity contribution >= 4 is 12.0 Å². The number of methoxy groups -OCH3 is 1. The number of rotatable bonds is 5. The first-order valence-corrected chi connectivity index (χ1v) is 8.71. The van der Waals surface area contributed by atoms with Crippen LogP contribution in [0.5, 0.6) is 5.75 Å². The molecule has 5 nitrogen and oxygen atoms in total.